The number of aromatic nitrogens is 1. The predicted octanol–water partition coefficient (Wildman–Crippen LogP) is 1.72. The second-order valence-corrected chi connectivity index (χ2v) is 6.27. The van der Waals surface area contributed by atoms with E-state index in [0.717, 1.165) is 19.0 Å². The molecule has 1 N–H and O–H groups in total. The minimum absolute atomic E-state index is 0.364. The van der Waals surface area contributed by atoms with E-state index < -0.39 is 0 Å². The number of hydrogen-bond acceptors (Lipinski definition) is 4. The van der Waals surface area contributed by atoms with Crippen molar-refractivity contribution in [2.75, 3.05) is 19.6 Å². The summed E-state index contributed by atoms with van der Waals surface area (Å²) >= 11 is 1.77. The van der Waals surface area contributed by atoms with Crippen molar-refractivity contribution in [1.82, 2.24) is 15.2 Å². The first-order valence-corrected chi connectivity index (χ1v) is 6.99. The fourth-order valence-electron chi connectivity index (χ4n) is 2.77. The van der Waals surface area contributed by atoms with E-state index in [9.17, 15) is 0 Å². The van der Waals surface area contributed by atoms with Crippen molar-refractivity contribution in [3.8, 4) is 0 Å². The van der Waals surface area contributed by atoms with E-state index in [2.05, 4.69) is 22.1 Å². The third kappa shape index (κ3) is 2.14. The van der Waals surface area contributed by atoms with Gasteiger partial charge in [0.2, 0.25) is 0 Å². The first-order chi connectivity index (χ1) is 7.76. The van der Waals surface area contributed by atoms with Crippen LogP contribution in [0.2, 0.25) is 0 Å². The molecule has 0 bridgehead atoms. The maximum absolute atomic E-state index is 4.15. The van der Waals surface area contributed by atoms with Gasteiger partial charge in [-0.2, -0.15) is 0 Å². The normalized spacial score (nSPS) is 31.8. The Labute approximate surface area is 101 Å². The predicted molar refractivity (Wildman–Crippen MR) is 66.5 cm³/mol. The van der Waals surface area contributed by atoms with E-state index in [4.69, 9.17) is 0 Å². The topological polar surface area (TPSA) is 28.2 Å². The van der Waals surface area contributed by atoms with Crippen molar-refractivity contribution in [2.24, 2.45) is 5.92 Å². The number of thiazole rings is 1. The SMILES string of the molecule is CC1(C2CC2)CN(Cc2cncs2)CCN1. The Bertz CT molecular complexity index is 347. The smallest absolute Gasteiger partial charge is 0.0794 e. The van der Waals surface area contributed by atoms with Crippen LogP contribution in [0.4, 0.5) is 0 Å². The monoisotopic (exact) mass is 237 g/mol. The summed E-state index contributed by atoms with van der Waals surface area (Å²) in [6.07, 6.45) is 4.83. The van der Waals surface area contributed by atoms with Gasteiger partial charge in [0.1, 0.15) is 0 Å². The summed E-state index contributed by atoms with van der Waals surface area (Å²) in [4.78, 5) is 8.11. The highest BCUT2D eigenvalue weighted by molar-refractivity contribution is 7.09. The molecule has 16 heavy (non-hydrogen) atoms. The molecule has 1 aliphatic heterocycles. The lowest BCUT2D eigenvalue weighted by Gasteiger charge is -2.41. The van der Waals surface area contributed by atoms with Crippen molar-refractivity contribution in [1.29, 1.82) is 0 Å². The summed E-state index contributed by atoms with van der Waals surface area (Å²) in [6, 6.07) is 0. The van der Waals surface area contributed by atoms with Crippen molar-refractivity contribution in [3.05, 3.63) is 16.6 Å². The number of rotatable bonds is 3. The summed E-state index contributed by atoms with van der Waals surface area (Å²) in [5.74, 6) is 0.914. The minimum Gasteiger partial charge on any atom is -0.309 e. The van der Waals surface area contributed by atoms with Gasteiger partial charge in [0.05, 0.1) is 5.51 Å². The van der Waals surface area contributed by atoms with Crippen LogP contribution < -0.4 is 5.32 Å². The molecule has 1 aromatic heterocycles. The molecule has 1 aliphatic carbocycles. The molecule has 0 amide bonds. The second kappa shape index (κ2) is 4.09. The molecule has 1 unspecified atom stereocenters. The van der Waals surface area contributed by atoms with Gasteiger partial charge < -0.3 is 5.32 Å². The quantitative estimate of drug-likeness (QED) is 0.867. The first kappa shape index (κ1) is 10.7. The summed E-state index contributed by atoms with van der Waals surface area (Å²) in [6.45, 7) is 6.96. The van der Waals surface area contributed by atoms with Gasteiger partial charge in [-0.3, -0.25) is 9.88 Å². The van der Waals surface area contributed by atoms with Crippen LogP contribution in [0.1, 0.15) is 24.6 Å². The number of piperazine rings is 1. The lowest BCUT2D eigenvalue weighted by atomic mass is 9.93. The maximum atomic E-state index is 4.15. The van der Waals surface area contributed by atoms with Crippen LogP contribution >= 0.6 is 11.3 Å². The van der Waals surface area contributed by atoms with Crippen molar-refractivity contribution in [2.45, 2.75) is 31.8 Å². The number of nitrogens with one attached hydrogen (secondary N) is 1. The number of hydrogen-bond donors (Lipinski definition) is 1. The average molecular weight is 237 g/mol. The minimum atomic E-state index is 0.364. The molecular weight excluding hydrogens is 218 g/mol. The van der Waals surface area contributed by atoms with Gasteiger partial charge in [-0.25, -0.2) is 0 Å². The van der Waals surface area contributed by atoms with Crippen molar-refractivity contribution < 1.29 is 0 Å². The largest absolute Gasteiger partial charge is 0.309 e. The van der Waals surface area contributed by atoms with E-state index in [1.807, 2.05) is 11.7 Å². The number of nitrogens with zero attached hydrogens (tertiary/aromatic N) is 2. The van der Waals surface area contributed by atoms with Crippen molar-refractivity contribution in [3.63, 3.8) is 0 Å². The van der Waals surface area contributed by atoms with E-state index in [1.54, 1.807) is 11.3 Å². The zero-order valence-electron chi connectivity index (χ0n) is 9.78. The fraction of sp³-hybridized carbons (Fsp3) is 0.750. The first-order valence-electron chi connectivity index (χ1n) is 6.11. The highest BCUT2D eigenvalue weighted by Gasteiger charge is 2.43. The highest BCUT2D eigenvalue weighted by atomic mass is 32.1. The highest BCUT2D eigenvalue weighted by Crippen LogP contribution is 2.40. The van der Waals surface area contributed by atoms with Crippen LogP contribution in [0.15, 0.2) is 11.7 Å². The Morgan fingerprint density at radius 3 is 3.19 bits per heavy atom. The van der Waals surface area contributed by atoms with Gasteiger partial charge in [0.25, 0.3) is 0 Å². The Kier molecular flexibility index (Phi) is 2.73. The maximum Gasteiger partial charge on any atom is 0.0794 e. The molecule has 88 valence electrons. The molecule has 4 heteroatoms. The van der Waals surface area contributed by atoms with E-state index in [-0.39, 0.29) is 0 Å². The summed E-state index contributed by atoms with van der Waals surface area (Å²) in [5.41, 5.74) is 2.29. The molecule has 1 aromatic rings. The van der Waals surface area contributed by atoms with Gasteiger partial charge in [0, 0.05) is 42.8 Å². The zero-order valence-corrected chi connectivity index (χ0v) is 10.6. The lowest BCUT2D eigenvalue weighted by molar-refractivity contribution is 0.122. The Morgan fingerprint density at radius 2 is 2.50 bits per heavy atom. The fourth-order valence-corrected chi connectivity index (χ4v) is 3.40. The average Bonchev–Trinajstić information content (AvgIpc) is 3.01. The van der Waals surface area contributed by atoms with Crippen LogP contribution in [-0.4, -0.2) is 35.1 Å². The third-order valence-corrected chi connectivity index (χ3v) is 4.61. The van der Waals surface area contributed by atoms with Crippen LogP contribution in [0, 0.1) is 5.92 Å². The molecule has 1 saturated carbocycles. The van der Waals surface area contributed by atoms with Gasteiger partial charge >= 0.3 is 0 Å². The second-order valence-electron chi connectivity index (χ2n) is 5.30. The van der Waals surface area contributed by atoms with Crippen LogP contribution in [-0.2, 0) is 6.54 Å². The molecule has 0 aromatic carbocycles. The summed E-state index contributed by atoms with van der Waals surface area (Å²) in [7, 11) is 0. The van der Waals surface area contributed by atoms with Crippen LogP contribution in [0.3, 0.4) is 0 Å². The molecular formula is C12H19N3S. The molecule has 2 aliphatic rings. The molecule has 1 saturated heterocycles. The zero-order chi connectivity index (χ0) is 11.0. The third-order valence-electron chi connectivity index (χ3n) is 3.85. The molecule has 1 atom stereocenters. The van der Waals surface area contributed by atoms with Gasteiger partial charge in [-0.1, -0.05) is 0 Å². The van der Waals surface area contributed by atoms with E-state index in [1.165, 1.54) is 30.8 Å². The molecule has 3 nitrogen and oxygen atoms in total. The Balaban J connectivity index is 1.63. The Morgan fingerprint density at radius 1 is 1.62 bits per heavy atom. The van der Waals surface area contributed by atoms with Gasteiger partial charge in [-0.15, -0.1) is 11.3 Å². The van der Waals surface area contributed by atoms with Gasteiger partial charge in [0.15, 0.2) is 0 Å². The molecule has 2 fully saturated rings. The molecule has 0 spiro atoms. The van der Waals surface area contributed by atoms with Gasteiger partial charge in [-0.05, 0) is 25.7 Å². The molecule has 0 radical (unpaired) electrons. The van der Waals surface area contributed by atoms with E-state index >= 15 is 0 Å². The lowest BCUT2D eigenvalue weighted by Crippen LogP contribution is -2.59. The standard InChI is InChI=1S/C12H19N3S/c1-12(10-2-3-10)8-15(5-4-14-12)7-11-6-13-9-16-11/h6,9-10,14H,2-5,7-8H2,1H3. The van der Waals surface area contributed by atoms with E-state index in [0.29, 0.717) is 5.54 Å². The van der Waals surface area contributed by atoms with Crippen LogP contribution in [0.25, 0.3) is 0 Å². The summed E-state index contributed by atoms with van der Waals surface area (Å²) in [5, 5.41) is 3.71. The summed E-state index contributed by atoms with van der Waals surface area (Å²) < 4.78 is 0. The van der Waals surface area contributed by atoms with Crippen molar-refractivity contribution >= 4 is 11.3 Å². The molecule has 3 rings (SSSR count). The van der Waals surface area contributed by atoms with Crippen LogP contribution in [0.5, 0.6) is 0 Å². The molecule has 2 heterocycles. The Hall–Kier alpha value is -0.450.